The number of nitrogens with zero attached hydrogens (tertiary/aromatic N) is 1. The quantitative estimate of drug-likeness (QED) is 0.901. The number of pyridine rings is 1. The first kappa shape index (κ1) is 13.7. The van der Waals surface area contributed by atoms with Crippen LogP contribution in [0.1, 0.15) is 26.4 Å². The Labute approximate surface area is 114 Å². The maximum absolute atomic E-state index is 13.1. The van der Waals surface area contributed by atoms with Gasteiger partial charge in [0.15, 0.2) is 0 Å². The van der Waals surface area contributed by atoms with Crippen molar-refractivity contribution in [2.45, 2.75) is 6.92 Å². The van der Waals surface area contributed by atoms with E-state index in [0.29, 0.717) is 11.3 Å². The topological polar surface area (TPSA) is 79.3 Å². The Bertz CT molecular complexity index is 686. The van der Waals surface area contributed by atoms with Gasteiger partial charge >= 0.3 is 5.97 Å². The number of carbonyl (C=O) groups is 2. The Hall–Kier alpha value is -2.76. The van der Waals surface area contributed by atoms with Gasteiger partial charge in [-0.15, -0.1) is 0 Å². The van der Waals surface area contributed by atoms with Crippen LogP contribution in [0.4, 0.5) is 10.1 Å². The monoisotopic (exact) mass is 274 g/mol. The summed E-state index contributed by atoms with van der Waals surface area (Å²) < 4.78 is 13.1. The van der Waals surface area contributed by atoms with E-state index in [1.807, 2.05) is 0 Å². The van der Waals surface area contributed by atoms with Gasteiger partial charge in [-0.3, -0.25) is 4.79 Å². The van der Waals surface area contributed by atoms with Crippen molar-refractivity contribution >= 4 is 17.6 Å². The lowest BCUT2D eigenvalue weighted by Crippen LogP contribution is -2.13. The highest BCUT2D eigenvalue weighted by Crippen LogP contribution is 2.13. The number of carbonyl (C=O) groups excluding carboxylic acids is 1. The van der Waals surface area contributed by atoms with Crippen molar-refractivity contribution in [3.05, 3.63) is 59.2 Å². The molecule has 0 saturated heterocycles. The fourth-order valence-electron chi connectivity index (χ4n) is 1.61. The molecule has 0 unspecified atom stereocenters. The van der Waals surface area contributed by atoms with Gasteiger partial charge in [0.2, 0.25) is 0 Å². The third-order valence-corrected chi connectivity index (χ3v) is 2.66. The predicted molar refractivity (Wildman–Crippen MR) is 70.3 cm³/mol. The first-order valence-electron chi connectivity index (χ1n) is 5.74. The van der Waals surface area contributed by atoms with Crippen molar-refractivity contribution in [2.75, 3.05) is 5.32 Å². The maximum Gasteiger partial charge on any atom is 0.354 e. The largest absolute Gasteiger partial charge is 0.477 e. The Morgan fingerprint density at radius 2 is 2.00 bits per heavy atom. The van der Waals surface area contributed by atoms with Crippen LogP contribution in [0.15, 0.2) is 36.5 Å². The number of aromatic carboxylic acids is 1. The summed E-state index contributed by atoms with van der Waals surface area (Å²) in [7, 11) is 0. The highest BCUT2D eigenvalue weighted by Gasteiger charge is 2.10. The molecule has 0 bridgehead atoms. The molecule has 0 aliphatic heterocycles. The molecule has 20 heavy (non-hydrogen) atoms. The number of hydrogen-bond donors (Lipinski definition) is 2. The highest BCUT2D eigenvalue weighted by molar-refractivity contribution is 6.04. The van der Waals surface area contributed by atoms with Crippen molar-refractivity contribution in [1.29, 1.82) is 0 Å². The van der Waals surface area contributed by atoms with Crippen LogP contribution in [-0.4, -0.2) is 22.0 Å². The minimum atomic E-state index is -1.18. The fourth-order valence-corrected chi connectivity index (χ4v) is 1.61. The molecule has 0 atom stereocenters. The van der Waals surface area contributed by atoms with Gasteiger partial charge in [0, 0.05) is 17.4 Å². The molecule has 6 heteroatoms. The molecule has 0 fully saturated rings. The van der Waals surface area contributed by atoms with Crippen LogP contribution in [0.2, 0.25) is 0 Å². The molecule has 0 aliphatic carbocycles. The molecule has 102 valence electrons. The molecule has 0 radical (unpaired) electrons. The average molecular weight is 274 g/mol. The number of rotatable bonds is 3. The summed E-state index contributed by atoms with van der Waals surface area (Å²) in [6, 6.07) is 6.71. The van der Waals surface area contributed by atoms with Crippen molar-refractivity contribution in [3.63, 3.8) is 0 Å². The lowest BCUT2D eigenvalue weighted by molar-refractivity contribution is 0.0690. The van der Waals surface area contributed by atoms with E-state index in [2.05, 4.69) is 10.3 Å². The lowest BCUT2D eigenvalue weighted by atomic mass is 10.1. The molecule has 2 rings (SSSR count). The molecule has 1 heterocycles. The van der Waals surface area contributed by atoms with Crippen LogP contribution >= 0.6 is 0 Å². The summed E-state index contributed by atoms with van der Waals surface area (Å²) in [5.41, 5.74) is 0.790. The maximum atomic E-state index is 13.1. The molecule has 1 aromatic carbocycles. The van der Waals surface area contributed by atoms with Crippen molar-refractivity contribution in [2.24, 2.45) is 0 Å². The van der Waals surface area contributed by atoms with Crippen LogP contribution in [0, 0.1) is 12.7 Å². The molecule has 0 aliphatic rings. The van der Waals surface area contributed by atoms with Crippen LogP contribution in [0.25, 0.3) is 0 Å². The number of anilines is 1. The molecule has 2 aromatic rings. The van der Waals surface area contributed by atoms with Crippen molar-refractivity contribution < 1.29 is 19.1 Å². The van der Waals surface area contributed by atoms with E-state index in [-0.39, 0.29) is 11.3 Å². The third kappa shape index (κ3) is 2.97. The molecule has 1 amide bonds. The lowest BCUT2D eigenvalue weighted by Gasteiger charge is -2.06. The Morgan fingerprint density at radius 1 is 1.25 bits per heavy atom. The zero-order chi connectivity index (χ0) is 14.7. The Balaban J connectivity index is 2.21. The molecule has 1 aromatic heterocycles. The number of halogens is 1. The van der Waals surface area contributed by atoms with Gasteiger partial charge < -0.3 is 10.4 Å². The summed E-state index contributed by atoms with van der Waals surface area (Å²) in [5, 5.41) is 11.3. The molecule has 0 saturated carbocycles. The van der Waals surface area contributed by atoms with Crippen LogP contribution in [-0.2, 0) is 0 Å². The number of hydrogen-bond acceptors (Lipinski definition) is 3. The molecule has 0 spiro atoms. The Kier molecular flexibility index (Phi) is 3.74. The number of carboxylic acid groups (broad SMARTS) is 1. The van der Waals surface area contributed by atoms with E-state index in [9.17, 15) is 14.0 Å². The zero-order valence-electron chi connectivity index (χ0n) is 10.6. The van der Waals surface area contributed by atoms with E-state index < -0.39 is 17.7 Å². The van der Waals surface area contributed by atoms with Gasteiger partial charge in [0.05, 0.1) is 0 Å². The van der Waals surface area contributed by atoms with Crippen molar-refractivity contribution in [1.82, 2.24) is 4.98 Å². The van der Waals surface area contributed by atoms with E-state index >= 15 is 0 Å². The first-order chi connectivity index (χ1) is 9.47. The second kappa shape index (κ2) is 5.48. The van der Waals surface area contributed by atoms with Crippen LogP contribution in [0.3, 0.4) is 0 Å². The molecule has 5 nitrogen and oxygen atoms in total. The van der Waals surface area contributed by atoms with Gasteiger partial charge in [-0.1, -0.05) is 0 Å². The van der Waals surface area contributed by atoms with Gasteiger partial charge in [0.25, 0.3) is 5.91 Å². The molecule has 2 N–H and O–H groups in total. The normalized spacial score (nSPS) is 10.1. The minimum absolute atomic E-state index is 0.168. The summed E-state index contributed by atoms with van der Waals surface area (Å²) in [4.78, 5) is 26.4. The van der Waals surface area contributed by atoms with Crippen molar-refractivity contribution in [3.8, 4) is 0 Å². The summed E-state index contributed by atoms with van der Waals surface area (Å²) in [5.74, 6) is -2.02. The number of aromatic nitrogens is 1. The first-order valence-corrected chi connectivity index (χ1v) is 5.74. The molecular weight excluding hydrogens is 263 g/mol. The third-order valence-electron chi connectivity index (χ3n) is 2.66. The number of carboxylic acids is 1. The summed E-state index contributed by atoms with van der Waals surface area (Å²) in [6.45, 7) is 1.56. The van der Waals surface area contributed by atoms with Crippen LogP contribution < -0.4 is 5.32 Å². The van der Waals surface area contributed by atoms with Gasteiger partial charge in [-0.25, -0.2) is 14.2 Å². The van der Waals surface area contributed by atoms with Gasteiger partial charge in [0.1, 0.15) is 11.5 Å². The van der Waals surface area contributed by atoms with E-state index in [4.69, 9.17) is 5.11 Å². The number of aryl methyl sites for hydroxylation is 1. The zero-order valence-corrected chi connectivity index (χ0v) is 10.6. The van der Waals surface area contributed by atoms with Crippen LogP contribution in [0.5, 0.6) is 0 Å². The minimum Gasteiger partial charge on any atom is -0.477 e. The standard InChI is InChI=1S/C14H11FN2O3/c1-8-6-9(2-3-11(8)15)13(18)17-10-4-5-16-12(7-10)14(19)20/h2-7H,1H3,(H,19,20)(H,16,17,18). The second-order valence-electron chi connectivity index (χ2n) is 4.15. The predicted octanol–water partition coefficient (Wildman–Crippen LogP) is 2.48. The summed E-state index contributed by atoms with van der Waals surface area (Å²) in [6.07, 6.45) is 1.29. The summed E-state index contributed by atoms with van der Waals surface area (Å²) >= 11 is 0. The SMILES string of the molecule is Cc1cc(C(=O)Nc2ccnc(C(=O)O)c2)ccc1F. The van der Waals surface area contributed by atoms with Gasteiger partial charge in [-0.05, 0) is 42.8 Å². The molecular formula is C14H11FN2O3. The second-order valence-corrected chi connectivity index (χ2v) is 4.15. The fraction of sp³-hybridized carbons (Fsp3) is 0.0714. The van der Waals surface area contributed by atoms with E-state index in [1.54, 1.807) is 6.92 Å². The number of nitrogens with one attached hydrogen (secondary N) is 1. The highest BCUT2D eigenvalue weighted by atomic mass is 19.1. The average Bonchev–Trinajstić information content (AvgIpc) is 2.42. The van der Waals surface area contributed by atoms with Gasteiger partial charge in [-0.2, -0.15) is 0 Å². The van der Waals surface area contributed by atoms with E-state index in [1.165, 1.54) is 36.5 Å². The van der Waals surface area contributed by atoms with E-state index in [0.717, 1.165) is 0 Å². The Morgan fingerprint density at radius 3 is 2.65 bits per heavy atom. The number of benzene rings is 1. The number of amides is 1. The smallest absolute Gasteiger partial charge is 0.354 e.